The Labute approximate surface area is 128 Å². The van der Waals surface area contributed by atoms with E-state index < -0.39 is 22.7 Å². The van der Waals surface area contributed by atoms with Crippen molar-refractivity contribution in [3.8, 4) is 0 Å². The van der Waals surface area contributed by atoms with Crippen LogP contribution in [-0.4, -0.2) is 28.5 Å². The van der Waals surface area contributed by atoms with Crippen LogP contribution in [0.5, 0.6) is 0 Å². The zero-order valence-electron chi connectivity index (χ0n) is 12.8. The second-order valence-corrected chi connectivity index (χ2v) is 5.63. The summed E-state index contributed by atoms with van der Waals surface area (Å²) in [7, 11) is 0. The minimum absolute atomic E-state index is 0.0305. The van der Waals surface area contributed by atoms with Crippen molar-refractivity contribution in [2.75, 3.05) is 6.54 Å². The van der Waals surface area contributed by atoms with E-state index in [0.717, 1.165) is 0 Å². The molecule has 0 radical (unpaired) electrons. The van der Waals surface area contributed by atoms with E-state index >= 15 is 0 Å². The molecule has 0 fully saturated rings. The first-order chi connectivity index (χ1) is 10.2. The van der Waals surface area contributed by atoms with Crippen LogP contribution >= 0.6 is 0 Å². The highest BCUT2D eigenvalue weighted by molar-refractivity contribution is 5.96. The Morgan fingerprint density at radius 3 is 2.45 bits per heavy atom. The van der Waals surface area contributed by atoms with Crippen molar-refractivity contribution in [3.63, 3.8) is 0 Å². The molecule has 0 saturated heterocycles. The molecule has 0 aromatic heterocycles. The molecule has 0 saturated carbocycles. The van der Waals surface area contributed by atoms with E-state index in [1.54, 1.807) is 6.92 Å². The van der Waals surface area contributed by atoms with Crippen molar-refractivity contribution in [1.29, 1.82) is 0 Å². The highest BCUT2D eigenvalue weighted by atomic mass is 16.6. The lowest BCUT2D eigenvalue weighted by molar-refractivity contribution is -0.384. The van der Waals surface area contributed by atoms with Gasteiger partial charge in [-0.25, -0.2) is 0 Å². The number of carbonyl (C=O) groups is 2. The van der Waals surface area contributed by atoms with E-state index in [1.807, 2.05) is 13.8 Å². The number of nitro groups is 1. The first-order valence-corrected chi connectivity index (χ1v) is 6.98. The lowest BCUT2D eigenvalue weighted by atomic mass is 9.97. The predicted octanol–water partition coefficient (Wildman–Crippen LogP) is 2.38. The van der Waals surface area contributed by atoms with Gasteiger partial charge in [-0.1, -0.05) is 13.8 Å². The maximum absolute atomic E-state index is 12.1. The molecule has 1 unspecified atom stereocenters. The summed E-state index contributed by atoms with van der Waals surface area (Å²) in [5, 5.41) is 22.4. The first kappa shape index (κ1) is 17.6. The maximum atomic E-state index is 12.1. The van der Waals surface area contributed by atoms with Gasteiger partial charge in [0.25, 0.3) is 11.6 Å². The van der Waals surface area contributed by atoms with Gasteiger partial charge in [0.1, 0.15) is 0 Å². The largest absolute Gasteiger partial charge is 0.481 e. The molecule has 7 nitrogen and oxygen atoms in total. The van der Waals surface area contributed by atoms with Crippen LogP contribution in [-0.2, 0) is 4.79 Å². The number of benzene rings is 1. The summed E-state index contributed by atoms with van der Waals surface area (Å²) in [4.78, 5) is 33.4. The third-order valence-electron chi connectivity index (χ3n) is 3.28. The molecule has 0 aliphatic carbocycles. The van der Waals surface area contributed by atoms with Gasteiger partial charge < -0.3 is 10.4 Å². The molecule has 0 spiro atoms. The Kier molecular flexibility index (Phi) is 6.03. The molecular weight excluding hydrogens is 288 g/mol. The zero-order chi connectivity index (χ0) is 16.9. The van der Waals surface area contributed by atoms with Gasteiger partial charge in [0.2, 0.25) is 0 Å². The standard InChI is InChI=1S/C15H20N2O5/c1-9(2)6-11(15(19)20)8-16-14(18)13-5-4-12(17(21)22)7-10(13)3/h4-5,7,9,11H,6,8H2,1-3H3,(H,16,18)(H,19,20). The number of nitro benzene ring substituents is 1. The summed E-state index contributed by atoms with van der Waals surface area (Å²) >= 11 is 0. The highest BCUT2D eigenvalue weighted by Crippen LogP contribution is 2.17. The molecule has 0 aliphatic rings. The van der Waals surface area contributed by atoms with Crippen molar-refractivity contribution in [3.05, 3.63) is 39.4 Å². The van der Waals surface area contributed by atoms with Crippen LogP contribution in [0.15, 0.2) is 18.2 Å². The van der Waals surface area contributed by atoms with E-state index in [-0.39, 0.29) is 18.2 Å². The smallest absolute Gasteiger partial charge is 0.308 e. The second-order valence-electron chi connectivity index (χ2n) is 5.63. The van der Waals surface area contributed by atoms with Gasteiger partial charge in [0.05, 0.1) is 10.8 Å². The molecule has 0 bridgehead atoms. The van der Waals surface area contributed by atoms with Gasteiger partial charge in [-0.05, 0) is 30.9 Å². The number of non-ortho nitro benzene ring substituents is 1. The molecule has 0 heterocycles. The van der Waals surface area contributed by atoms with Gasteiger partial charge in [-0.3, -0.25) is 19.7 Å². The fraction of sp³-hybridized carbons (Fsp3) is 0.467. The summed E-state index contributed by atoms with van der Waals surface area (Å²) in [6.07, 6.45) is 0.467. The number of hydrogen-bond donors (Lipinski definition) is 2. The van der Waals surface area contributed by atoms with Crippen LogP contribution in [0.25, 0.3) is 0 Å². The Hall–Kier alpha value is -2.44. The summed E-state index contributed by atoms with van der Waals surface area (Å²) in [5.74, 6) is -1.82. The SMILES string of the molecule is Cc1cc([N+](=O)[O-])ccc1C(=O)NCC(CC(C)C)C(=O)O. The Balaban J connectivity index is 2.76. The fourth-order valence-corrected chi connectivity index (χ4v) is 2.17. The monoisotopic (exact) mass is 308 g/mol. The number of rotatable bonds is 7. The van der Waals surface area contributed by atoms with Gasteiger partial charge in [0, 0.05) is 24.2 Å². The lowest BCUT2D eigenvalue weighted by Gasteiger charge is -2.15. The maximum Gasteiger partial charge on any atom is 0.308 e. The van der Waals surface area contributed by atoms with Crippen molar-refractivity contribution in [2.45, 2.75) is 27.2 Å². The van der Waals surface area contributed by atoms with E-state index in [4.69, 9.17) is 5.11 Å². The molecule has 1 amide bonds. The zero-order valence-corrected chi connectivity index (χ0v) is 12.8. The van der Waals surface area contributed by atoms with E-state index in [2.05, 4.69) is 5.32 Å². The van der Waals surface area contributed by atoms with Crippen molar-refractivity contribution in [2.24, 2.45) is 11.8 Å². The van der Waals surface area contributed by atoms with Gasteiger partial charge in [-0.15, -0.1) is 0 Å². The first-order valence-electron chi connectivity index (χ1n) is 6.98. The summed E-state index contributed by atoms with van der Waals surface area (Å²) in [5.41, 5.74) is 0.694. The van der Waals surface area contributed by atoms with E-state index in [0.29, 0.717) is 17.5 Å². The number of nitrogens with zero attached hydrogens (tertiary/aromatic N) is 1. The number of nitrogens with one attached hydrogen (secondary N) is 1. The van der Waals surface area contributed by atoms with Crippen LogP contribution in [0.2, 0.25) is 0 Å². The molecule has 2 N–H and O–H groups in total. The molecular formula is C15H20N2O5. The van der Waals surface area contributed by atoms with Crippen molar-refractivity contribution < 1.29 is 19.6 Å². The van der Waals surface area contributed by atoms with Crippen molar-refractivity contribution in [1.82, 2.24) is 5.32 Å². The van der Waals surface area contributed by atoms with Crippen molar-refractivity contribution >= 4 is 17.6 Å². The summed E-state index contributed by atoms with van der Waals surface area (Å²) in [6.45, 7) is 5.46. The number of carboxylic acid groups (broad SMARTS) is 1. The third-order valence-corrected chi connectivity index (χ3v) is 3.28. The van der Waals surface area contributed by atoms with Crippen LogP contribution in [0.3, 0.4) is 0 Å². The number of hydrogen-bond acceptors (Lipinski definition) is 4. The van der Waals surface area contributed by atoms with Gasteiger partial charge >= 0.3 is 5.97 Å². The molecule has 1 aromatic rings. The molecule has 120 valence electrons. The number of carboxylic acids is 1. The minimum atomic E-state index is -0.950. The van der Waals surface area contributed by atoms with E-state index in [1.165, 1.54) is 18.2 Å². The lowest BCUT2D eigenvalue weighted by Crippen LogP contribution is -2.34. The average Bonchev–Trinajstić information content (AvgIpc) is 2.42. The number of aryl methyl sites for hydroxylation is 1. The highest BCUT2D eigenvalue weighted by Gasteiger charge is 2.21. The van der Waals surface area contributed by atoms with Crippen LogP contribution in [0.1, 0.15) is 36.2 Å². The number of amides is 1. The van der Waals surface area contributed by atoms with E-state index in [9.17, 15) is 19.7 Å². The Bertz CT molecular complexity index is 583. The molecule has 0 aliphatic heterocycles. The predicted molar refractivity (Wildman–Crippen MR) is 80.7 cm³/mol. The second kappa shape index (κ2) is 7.53. The fourth-order valence-electron chi connectivity index (χ4n) is 2.17. The quantitative estimate of drug-likeness (QED) is 0.593. The molecule has 7 heteroatoms. The van der Waals surface area contributed by atoms with Crippen LogP contribution < -0.4 is 5.32 Å². The van der Waals surface area contributed by atoms with Gasteiger partial charge in [0.15, 0.2) is 0 Å². The normalized spacial score (nSPS) is 12.0. The third kappa shape index (κ3) is 4.83. The molecule has 22 heavy (non-hydrogen) atoms. The minimum Gasteiger partial charge on any atom is -0.481 e. The molecule has 1 aromatic carbocycles. The Morgan fingerprint density at radius 1 is 1.36 bits per heavy atom. The average molecular weight is 308 g/mol. The van der Waals surface area contributed by atoms with Crippen LogP contribution in [0, 0.1) is 28.9 Å². The van der Waals surface area contributed by atoms with Crippen LogP contribution in [0.4, 0.5) is 5.69 Å². The summed E-state index contributed by atoms with van der Waals surface area (Å²) < 4.78 is 0. The number of aliphatic carboxylic acids is 1. The topological polar surface area (TPSA) is 110 Å². The molecule has 1 atom stereocenters. The summed E-state index contributed by atoms with van der Waals surface area (Å²) in [6, 6.07) is 3.95. The van der Waals surface area contributed by atoms with Gasteiger partial charge in [-0.2, -0.15) is 0 Å². The Morgan fingerprint density at radius 2 is 2.00 bits per heavy atom. The number of carbonyl (C=O) groups excluding carboxylic acids is 1. The molecule has 1 rings (SSSR count).